The van der Waals surface area contributed by atoms with Gasteiger partial charge in [-0.15, -0.1) is 11.3 Å². The van der Waals surface area contributed by atoms with E-state index in [0.29, 0.717) is 13.0 Å². The van der Waals surface area contributed by atoms with Crippen LogP contribution in [0, 0.1) is 6.92 Å². The molecule has 0 amide bonds. The average molecular weight is 291 g/mol. The SMILES string of the molecule is CCCNCCCS(=O)(=O)NCc1nc(C)cs1. The summed E-state index contributed by atoms with van der Waals surface area (Å²) in [5.41, 5.74) is 0.929. The van der Waals surface area contributed by atoms with Crippen LogP contribution >= 0.6 is 11.3 Å². The summed E-state index contributed by atoms with van der Waals surface area (Å²) in [6.07, 6.45) is 1.70. The molecule has 0 spiro atoms. The van der Waals surface area contributed by atoms with Gasteiger partial charge in [0.05, 0.1) is 12.3 Å². The number of aromatic nitrogens is 1. The van der Waals surface area contributed by atoms with Crippen LogP contribution in [-0.4, -0.2) is 32.2 Å². The van der Waals surface area contributed by atoms with Crippen LogP contribution in [0.4, 0.5) is 0 Å². The van der Waals surface area contributed by atoms with Gasteiger partial charge in [0.1, 0.15) is 5.01 Å². The highest BCUT2D eigenvalue weighted by Gasteiger charge is 2.10. The fourth-order valence-electron chi connectivity index (χ4n) is 1.42. The molecule has 0 fully saturated rings. The Labute approximate surface area is 113 Å². The number of sulfonamides is 1. The first kappa shape index (κ1) is 15.6. The second kappa shape index (κ2) is 7.83. The van der Waals surface area contributed by atoms with Crippen LogP contribution in [0.3, 0.4) is 0 Å². The van der Waals surface area contributed by atoms with Crippen molar-refractivity contribution in [2.75, 3.05) is 18.8 Å². The van der Waals surface area contributed by atoms with E-state index in [9.17, 15) is 8.42 Å². The molecule has 7 heteroatoms. The van der Waals surface area contributed by atoms with E-state index in [0.717, 1.165) is 30.2 Å². The zero-order valence-corrected chi connectivity index (χ0v) is 12.5. The lowest BCUT2D eigenvalue weighted by molar-refractivity contribution is 0.574. The zero-order valence-electron chi connectivity index (χ0n) is 10.9. The number of nitrogens with zero attached hydrogens (tertiary/aromatic N) is 1. The molecule has 0 saturated carbocycles. The van der Waals surface area contributed by atoms with Crippen LogP contribution in [0.2, 0.25) is 0 Å². The minimum atomic E-state index is -3.18. The van der Waals surface area contributed by atoms with Gasteiger partial charge in [0, 0.05) is 11.1 Å². The van der Waals surface area contributed by atoms with E-state index in [1.54, 1.807) is 0 Å². The summed E-state index contributed by atoms with van der Waals surface area (Å²) in [7, 11) is -3.18. The Morgan fingerprint density at radius 2 is 2.17 bits per heavy atom. The van der Waals surface area contributed by atoms with Gasteiger partial charge in [-0.05, 0) is 32.9 Å². The van der Waals surface area contributed by atoms with E-state index in [-0.39, 0.29) is 5.75 Å². The Morgan fingerprint density at radius 1 is 1.39 bits per heavy atom. The van der Waals surface area contributed by atoms with Crippen molar-refractivity contribution < 1.29 is 8.42 Å². The average Bonchev–Trinajstić information content (AvgIpc) is 2.73. The topological polar surface area (TPSA) is 71.1 Å². The number of nitrogens with one attached hydrogen (secondary N) is 2. The van der Waals surface area contributed by atoms with Gasteiger partial charge in [-0.2, -0.15) is 0 Å². The van der Waals surface area contributed by atoms with Crippen molar-refractivity contribution in [2.24, 2.45) is 0 Å². The second-order valence-corrected chi connectivity index (χ2v) is 7.00. The molecule has 1 heterocycles. The fourth-order valence-corrected chi connectivity index (χ4v) is 3.24. The van der Waals surface area contributed by atoms with E-state index in [1.165, 1.54) is 11.3 Å². The molecule has 0 saturated heterocycles. The van der Waals surface area contributed by atoms with Gasteiger partial charge in [-0.25, -0.2) is 18.1 Å². The molecular weight excluding hydrogens is 270 g/mol. The lowest BCUT2D eigenvalue weighted by atomic mass is 10.4. The van der Waals surface area contributed by atoms with Crippen LogP contribution in [0.15, 0.2) is 5.38 Å². The maximum absolute atomic E-state index is 11.7. The van der Waals surface area contributed by atoms with Crippen LogP contribution in [-0.2, 0) is 16.6 Å². The summed E-state index contributed by atoms with van der Waals surface area (Å²) in [5.74, 6) is 0.161. The Morgan fingerprint density at radius 3 is 2.78 bits per heavy atom. The molecular formula is C11H21N3O2S2. The molecule has 1 aromatic rings. The van der Waals surface area contributed by atoms with Gasteiger partial charge >= 0.3 is 0 Å². The number of rotatable bonds is 9. The van der Waals surface area contributed by atoms with Crippen molar-refractivity contribution in [3.05, 3.63) is 16.1 Å². The highest BCUT2D eigenvalue weighted by molar-refractivity contribution is 7.89. The highest BCUT2D eigenvalue weighted by atomic mass is 32.2. The van der Waals surface area contributed by atoms with Crippen molar-refractivity contribution >= 4 is 21.4 Å². The van der Waals surface area contributed by atoms with Gasteiger partial charge in [0.2, 0.25) is 10.0 Å². The third kappa shape index (κ3) is 6.44. The first-order chi connectivity index (χ1) is 8.53. The summed E-state index contributed by atoms with van der Waals surface area (Å²) in [5, 5.41) is 5.90. The molecule has 0 bridgehead atoms. The molecule has 18 heavy (non-hydrogen) atoms. The Bertz CT molecular complexity index is 443. The van der Waals surface area contributed by atoms with E-state index >= 15 is 0 Å². The minimum absolute atomic E-state index is 0.161. The quantitative estimate of drug-likeness (QED) is 0.672. The molecule has 1 rings (SSSR count). The van der Waals surface area contributed by atoms with Gasteiger partial charge in [-0.3, -0.25) is 0 Å². The third-order valence-electron chi connectivity index (χ3n) is 2.30. The van der Waals surface area contributed by atoms with Gasteiger partial charge < -0.3 is 5.32 Å². The van der Waals surface area contributed by atoms with Gasteiger partial charge in [0.15, 0.2) is 0 Å². The molecule has 0 aromatic carbocycles. The van der Waals surface area contributed by atoms with Crippen molar-refractivity contribution in [1.82, 2.24) is 15.0 Å². The molecule has 0 atom stereocenters. The van der Waals surface area contributed by atoms with E-state index in [4.69, 9.17) is 0 Å². The zero-order chi connectivity index (χ0) is 13.4. The summed E-state index contributed by atoms with van der Waals surface area (Å²) in [6, 6.07) is 0. The maximum atomic E-state index is 11.7. The summed E-state index contributed by atoms with van der Waals surface area (Å²) >= 11 is 1.47. The molecule has 0 aliphatic heterocycles. The lowest BCUT2D eigenvalue weighted by Crippen LogP contribution is -2.28. The summed E-state index contributed by atoms with van der Waals surface area (Å²) in [6.45, 7) is 5.95. The summed E-state index contributed by atoms with van der Waals surface area (Å²) < 4.78 is 25.9. The fraction of sp³-hybridized carbons (Fsp3) is 0.727. The molecule has 0 unspecified atom stereocenters. The Balaban J connectivity index is 2.23. The van der Waals surface area contributed by atoms with Gasteiger partial charge in [-0.1, -0.05) is 6.92 Å². The maximum Gasteiger partial charge on any atom is 0.212 e. The molecule has 1 aromatic heterocycles. The molecule has 5 nitrogen and oxygen atoms in total. The number of thiazole rings is 1. The van der Waals surface area contributed by atoms with Crippen LogP contribution < -0.4 is 10.0 Å². The van der Waals surface area contributed by atoms with Crippen LogP contribution in [0.5, 0.6) is 0 Å². The van der Waals surface area contributed by atoms with E-state index in [1.807, 2.05) is 12.3 Å². The molecule has 0 aliphatic rings. The Kier molecular flexibility index (Phi) is 6.77. The highest BCUT2D eigenvalue weighted by Crippen LogP contribution is 2.08. The smallest absolute Gasteiger partial charge is 0.212 e. The minimum Gasteiger partial charge on any atom is -0.317 e. The van der Waals surface area contributed by atoms with Crippen molar-refractivity contribution in [3.63, 3.8) is 0 Å². The second-order valence-electron chi connectivity index (χ2n) is 4.13. The number of aryl methyl sites for hydroxylation is 1. The molecule has 104 valence electrons. The molecule has 0 radical (unpaired) electrons. The number of hydrogen-bond donors (Lipinski definition) is 2. The van der Waals surface area contributed by atoms with Crippen molar-refractivity contribution in [3.8, 4) is 0 Å². The number of hydrogen-bond acceptors (Lipinski definition) is 5. The predicted octanol–water partition coefficient (Wildman–Crippen LogP) is 1.26. The Hall–Kier alpha value is -0.500. The largest absolute Gasteiger partial charge is 0.317 e. The molecule has 2 N–H and O–H groups in total. The van der Waals surface area contributed by atoms with Crippen molar-refractivity contribution in [1.29, 1.82) is 0 Å². The first-order valence-corrected chi connectivity index (χ1v) is 8.66. The summed E-state index contributed by atoms with van der Waals surface area (Å²) in [4.78, 5) is 4.21. The van der Waals surface area contributed by atoms with Crippen molar-refractivity contribution in [2.45, 2.75) is 33.2 Å². The predicted molar refractivity (Wildman–Crippen MR) is 75.3 cm³/mol. The first-order valence-electron chi connectivity index (χ1n) is 6.12. The van der Waals surface area contributed by atoms with E-state index < -0.39 is 10.0 Å². The van der Waals surface area contributed by atoms with Crippen LogP contribution in [0.1, 0.15) is 30.5 Å². The monoisotopic (exact) mass is 291 g/mol. The lowest BCUT2D eigenvalue weighted by Gasteiger charge is -2.05. The normalized spacial score (nSPS) is 11.9. The van der Waals surface area contributed by atoms with Crippen LogP contribution in [0.25, 0.3) is 0 Å². The standard InChI is InChI=1S/C11H21N3O2S2/c1-3-5-12-6-4-7-18(15,16)13-8-11-14-10(2)9-17-11/h9,12-13H,3-8H2,1-2H3. The van der Waals surface area contributed by atoms with E-state index in [2.05, 4.69) is 21.9 Å². The molecule has 0 aliphatic carbocycles. The third-order valence-corrected chi connectivity index (χ3v) is 4.68. The van der Waals surface area contributed by atoms with Gasteiger partial charge in [0.25, 0.3) is 0 Å².